The first-order chi connectivity index (χ1) is 14.1. The van der Waals surface area contributed by atoms with E-state index >= 15 is 0 Å². The van der Waals surface area contributed by atoms with Crippen molar-refractivity contribution in [1.82, 2.24) is 14.9 Å². The molecule has 0 saturated heterocycles. The van der Waals surface area contributed by atoms with Gasteiger partial charge in [-0.3, -0.25) is 4.79 Å². The topological polar surface area (TPSA) is 79.1 Å². The molecule has 1 aliphatic rings. The maximum absolute atomic E-state index is 13.2. The predicted octanol–water partition coefficient (Wildman–Crippen LogP) is 3.61. The van der Waals surface area contributed by atoms with Crippen molar-refractivity contribution in [2.24, 2.45) is 0 Å². The van der Waals surface area contributed by atoms with Crippen LogP contribution in [0.3, 0.4) is 0 Å². The van der Waals surface area contributed by atoms with E-state index < -0.39 is 0 Å². The van der Waals surface area contributed by atoms with Gasteiger partial charge in [0.2, 0.25) is 0 Å². The van der Waals surface area contributed by atoms with Gasteiger partial charge >= 0.3 is 0 Å². The number of carbonyl (C=O) groups excluding carboxylic acids is 1. The van der Waals surface area contributed by atoms with Crippen LogP contribution in [0.15, 0.2) is 54.9 Å². The van der Waals surface area contributed by atoms with Crippen LogP contribution in [0.25, 0.3) is 0 Å². The first kappa shape index (κ1) is 18.6. The lowest BCUT2D eigenvalue weighted by molar-refractivity contribution is 0.0709. The minimum atomic E-state index is -0.183. The monoisotopic (exact) mass is 384 g/mol. The van der Waals surface area contributed by atoms with Gasteiger partial charge in [0.15, 0.2) is 0 Å². The molecule has 0 N–H and O–H groups in total. The Kier molecular flexibility index (Phi) is 4.96. The number of aryl methyl sites for hydroxylation is 1. The minimum Gasteiger partial charge on any atom is -0.497 e. The maximum atomic E-state index is 13.2. The van der Waals surface area contributed by atoms with Crippen molar-refractivity contribution in [3.63, 3.8) is 0 Å². The fourth-order valence-electron chi connectivity index (χ4n) is 3.81. The molecule has 0 bridgehead atoms. The molecule has 0 aliphatic carbocycles. The Hall–Kier alpha value is -3.72. The average molecular weight is 384 g/mol. The van der Waals surface area contributed by atoms with Crippen LogP contribution in [-0.2, 0) is 13.0 Å². The van der Waals surface area contributed by atoms with Gasteiger partial charge in [0.05, 0.1) is 13.2 Å². The standard InChI is InChI=1S/C23H20N4O2/c1-15-20(21(12-24)26-14-25-15)11-22-18-5-3-4-6-19(18)23(28)27(22)13-16-7-9-17(29-2)10-8-16/h3-10,14,22H,11,13H2,1-2H3. The first-order valence-electron chi connectivity index (χ1n) is 9.35. The molecule has 29 heavy (non-hydrogen) atoms. The van der Waals surface area contributed by atoms with E-state index in [0.717, 1.165) is 28.1 Å². The van der Waals surface area contributed by atoms with E-state index in [2.05, 4.69) is 16.0 Å². The lowest BCUT2D eigenvalue weighted by Crippen LogP contribution is -2.29. The molecule has 0 radical (unpaired) electrons. The van der Waals surface area contributed by atoms with Crippen molar-refractivity contribution in [2.45, 2.75) is 25.9 Å². The largest absolute Gasteiger partial charge is 0.497 e. The molecule has 2 heterocycles. The van der Waals surface area contributed by atoms with Crippen molar-refractivity contribution in [1.29, 1.82) is 5.26 Å². The number of ether oxygens (including phenoxy) is 1. The van der Waals surface area contributed by atoms with Crippen LogP contribution in [0.2, 0.25) is 0 Å². The third kappa shape index (κ3) is 3.43. The second kappa shape index (κ2) is 7.72. The molecule has 4 rings (SSSR count). The molecule has 0 spiro atoms. The maximum Gasteiger partial charge on any atom is 0.255 e. The Morgan fingerprint density at radius 1 is 1.14 bits per heavy atom. The van der Waals surface area contributed by atoms with E-state index in [1.165, 1.54) is 6.33 Å². The number of rotatable bonds is 5. The molecule has 0 saturated carbocycles. The van der Waals surface area contributed by atoms with Gasteiger partial charge in [0.1, 0.15) is 23.8 Å². The van der Waals surface area contributed by atoms with E-state index in [9.17, 15) is 10.1 Å². The van der Waals surface area contributed by atoms with Gasteiger partial charge in [-0.1, -0.05) is 30.3 Å². The van der Waals surface area contributed by atoms with E-state index in [1.807, 2.05) is 60.4 Å². The molecular formula is C23H20N4O2. The van der Waals surface area contributed by atoms with E-state index in [1.54, 1.807) is 7.11 Å². The predicted molar refractivity (Wildman–Crippen MR) is 107 cm³/mol. The lowest BCUT2D eigenvalue weighted by atomic mass is 9.96. The fourth-order valence-corrected chi connectivity index (χ4v) is 3.81. The van der Waals surface area contributed by atoms with Crippen molar-refractivity contribution >= 4 is 5.91 Å². The second-order valence-corrected chi connectivity index (χ2v) is 6.99. The van der Waals surface area contributed by atoms with Crippen molar-refractivity contribution in [3.8, 4) is 11.8 Å². The summed E-state index contributed by atoms with van der Waals surface area (Å²) in [6.07, 6.45) is 1.90. The average Bonchev–Trinajstić information content (AvgIpc) is 3.01. The summed E-state index contributed by atoms with van der Waals surface area (Å²) in [5.41, 5.74) is 4.59. The number of benzene rings is 2. The zero-order valence-corrected chi connectivity index (χ0v) is 16.3. The highest BCUT2D eigenvalue weighted by Gasteiger charge is 2.37. The van der Waals surface area contributed by atoms with Crippen LogP contribution in [-0.4, -0.2) is 27.9 Å². The molecule has 1 atom stereocenters. The van der Waals surface area contributed by atoms with Crippen LogP contribution in [0, 0.1) is 18.3 Å². The number of carbonyl (C=O) groups is 1. The Balaban J connectivity index is 1.72. The number of fused-ring (bicyclic) bond motifs is 1. The SMILES string of the molecule is COc1ccc(CN2C(=O)c3ccccc3C2Cc2c(C)ncnc2C#N)cc1. The molecule has 1 unspecified atom stereocenters. The van der Waals surface area contributed by atoms with E-state index in [0.29, 0.717) is 24.2 Å². The normalized spacial score (nSPS) is 15.1. The van der Waals surface area contributed by atoms with Gasteiger partial charge in [-0.25, -0.2) is 9.97 Å². The summed E-state index contributed by atoms with van der Waals surface area (Å²) in [6.45, 7) is 2.34. The molecule has 2 aromatic carbocycles. The number of aromatic nitrogens is 2. The van der Waals surface area contributed by atoms with Gasteiger partial charge in [-0.2, -0.15) is 5.26 Å². The van der Waals surface area contributed by atoms with Crippen LogP contribution in [0.5, 0.6) is 5.75 Å². The quantitative estimate of drug-likeness (QED) is 0.671. The molecule has 1 aromatic heterocycles. The van der Waals surface area contributed by atoms with Gasteiger partial charge in [0.25, 0.3) is 5.91 Å². The third-order valence-electron chi connectivity index (χ3n) is 5.36. The Morgan fingerprint density at radius 2 is 1.90 bits per heavy atom. The zero-order chi connectivity index (χ0) is 20.4. The summed E-state index contributed by atoms with van der Waals surface area (Å²) in [4.78, 5) is 23.4. The number of methoxy groups -OCH3 is 1. The van der Waals surface area contributed by atoms with Gasteiger partial charge in [-0.15, -0.1) is 0 Å². The van der Waals surface area contributed by atoms with E-state index in [4.69, 9.17) is 4.74 Å². The van der Waals surface area contributed by atoms with Crippen LogP contribution < -0.4 is 4.74 Å². The number of nitriles is 1. The number of nitrogens with zero attached hydrogens (tertiary/aromatic N) is 4. The third-order valence-corrected chi connectivity index (χ3v) is 5.36. The fraction of sp³-hybridized carbons (Fsp3) is 0.217. The molecule has 144 valence electrons. The molecule has 0 fully saturated rings. The summed E-state index contributed by atoms with van der Waals surface area (Å²) < 4.78 is 5.22. The highest BCUT2D eigenvalue weighted by atomic mass is 16.5. The van der Waals surface area contributed by atoms with Crippen molar-refractivity contribution < 1.29 is 9.53 Å². The van der Waals surface area contributed by atoms with Gasteiger partial charge in [0, 0.05) is 29.8 Å². The van der Waals surface area contributed by atoms with Crippen LogP contribution in [0.1, 0.15) is 44.5 Å². The smallest absolute Gasteiger partial charge is 0.255 e. The van der Waals surface area contributed by atoms with Crippen molar-refractivity contribution in [2.75, 3.05) is 7.11 Å². The first-order valence-corrected chi connectivity index (χ1v) is 9.35. The molecule has 1 aliphatic heterocycles. The molecule has 6 nitrogen and oxygen atoms in total. The van der Waals surface area contributed by atoms with Crippen LogP contribution >= 0.6 is 0 Å². The van der Waals surface area contributed by atoms with Gasteiger partial charge in [-0.05, 0) is 36.2 Å². The molecule has 3 aromatic rings. The summed E-state index contributed by atoms with van der Waals surface area (Å²) in [6, 6.07) is 17.3. The summed E-state index contributed by atoms with van der Waals surface area (Å²) in [5, 5.41) is 9.48. The number of hydrogen-bond donors (Lipinski definition) is 0. The summed E-state index contributed by atoms with van der Waals surface area (Å²) in [5.74, 6) is 0.770. The number of amides is 1. The summed E-state index contributed by atoms with van der Waals surface area (Å²) in [7, 11) is 1.63. The Bertz CT molecular complexity index is 1100. The molecule has 6 heteroatoms. The van der Waals surface area contributed by atoms with Crippen LogP contribution in [0.4, 0.5) is 0 Å². The lowest BCUT2D eigenvalue weighted by Gasteiger charge is -2.26. The molecule has 1 amide bonds. The number of hydrogen-bond acceptors (Lipinski definition) is 5. The van der Waals surface area contributed by atoms with E-state index in [-0.39, 0.29) is 11.9 Å². The van der Waals surface area contributed by atoms with Crippen molar-refractivity contribution in [3.05, 3.63) is 88.5 Å². The highest BCUT2D eigenvalue weighted by molar-refractivity contribution is 5.99. The highest BCUT2D eigenvalue weighted by Crippen LogP contribution is 2.37. The second-order valence-electron chi connectivity index (χ2n) is 6.99. The minimum absolute atomic E-state index is 0.00516. The van der Waals surface area contributed by atoms with Gasteiger partial charge < -0.3 is 9.64 Å². The Morgan fingerprint density at radius 3 is 2.62 bits per heavy atom. The zero-order valence-electron chi connectivity index (χ0n) is 16.3. The Labute approximate surface area is 169 Å². The summed E-state index contributed by atoms with van der Waals surface area (Å²) >= 11 is 0. The molecular weight excluding hydrogens is 364 g/mol.